The third-order valence-electron chi connectivity index (χ3n) is 4.24. The summed E-state index contributed by atoms with van der Waals surface area (Å²) < 4.78 is 0. The van der Waals surface area contributed by atoms with Gasteiger partial charge in [0, 0.05) is 35.6 Å². The Morgan fingerprint density at radius 3 is 2.48 bits per heavy atom. The normalized spacial score (nSPS) is 19.6. The first-order chi connectivity index (χ1) is 10.0. The molecule has 0 unspecified atom stereocenters. The average molecular weight is 307 g/mol. The predicted molar refractivity (Wildman–Crippen MR) is 83.3 cm³/mol. The van der Waals surface area contributed by atoms with Crippen LogP contribution in [0.4, 0.5) is 5.69 Å². The lowest BCUT2D eigenvalue weighted by Crippen LogP contribution is -2.46. The number of carbonyl (C=O) groups excluding carboxylic acids is 2. The van der Waals surface area contributed by atoms with Gasteiger partial charge in [-0.2, -0.15) is 0 Å². The van der Waals surface area contributed by atoms with Crippen LogP contribution in [0.5, 0.6) is 0 Å². The van der Waals surface area contributed by atoms with Crippen LogP contribution in [0.3, 0.4) is 0 Å². The molecule has 0 spiro atoms. The number of hydrogen-bond donors (Lipinski definition) is 2. The van der Waals surface area contributed by atoms with Gasteiger partial charge in [0.2, 0.25) is 5.91 Å². The zero-order valence-electron chi connectivity index (χ0n) is 12.2. The molecule has 114 valence electrons. The van der Waals surface area contributed by atoms with Gasteiger partial charge in [-0.25, -0.2) is 0 Å². The molecule has 0 bridgehead atoms. The highest BCUT2D eigenvalue weighted by Gasteiger charge is 2.32. The fraction of sp³-hybridized carbons (Fsp3) is 0.600. The third-order valence-corrected chi connectivity index (χ3v) is 5.30. The van der Waals surface area contributed by atoms with Crippen LogP contribution in [0.2, 0.25) is 0 Å². The summed E-state index contributed by atoms with van der Waals surface area (Å²) in [6.07, 6.45) is 3.73. The van der Waals surface area contributed by atoms with Gasteiger partial charge >= 0.3 is 0 Å². The number of hydrogen-bond acceptors (Lipinski definition) is 4. The zero-order chi connectivity index (χ0) is 15.0. The van der Waals surface area contributed by atoms with Crippen LogP contribution >= 0.6 is 11.3 Å². The predicted octanol–water partition coefficient (Wildman–Crippen LogP) is 1.77. The fourth-order valence-corrected chi connectivity index (χ4v) is 3.56. The lowest BCUT2D eigenvalue weighted by molar-refractivity contribution is -0.123. The number of thiophene rings is 1. The number of piperidine rings is 1. The topological polar surface area (TPSA) is 75.4 Å². The van der Waals surface area contributed by atoms with Crippen LogP contribution < -0.4 is 11.1 Å². The number of nitrogens with one attached hydrogen (secondary N) is 1. The van der Waals surface area contributed by atoms with E-state index in [1.807, 2.05) is 11.8 Å². The standard InChI is InChI=1S/C15H21N3O2S/c1-9-12(16)8-13(21-9)15(20)18-6-4-11(5-7-18)17-14(19)10-2-3-10/h8,10-11H,2-7,16H2,1H3,(H,17,19). The van der Waals surface area contributed by atoms with E-state index in [4.69, 9.17) is 5.73 Å². The molecule has 1 aromatic heterocycles. The van der Waals surface area contributed by atoms with Crippen molar-refractivity contribution in [2.45, 2.75) is 38.6 Å². The highest BCUT2D eigenvalue weighted by Crippen LogP contribution is 2.29. The molecular weight excluding hydrogens is 286 g/mol. The molecule has 3 N–H and O–H groups in total. The molecule has 1 saturated carbocycles. The van der Waals surface area contributed by atoms with Crippen molar-refractivity contribution in [2.75, 3.05) is 18.8 Å². The summed E-state index contributed by atoms with van der Waals surface area (Å²) in [7, 11) is 0. The third kappa shape index (κ3) is 3.20. The summed E-state index contributed by atoms with van der Waals surface area (Å²) in [5.74, 6) is 0.509. The number of aryl methyl sites for hydroxylation is 1. The molecule has 5 nitrogen and oxygen atoms in total. The van der Waals surface area contributed by atoms with Crippen LogP contribution in [0.15, 0.2) is 6.07 Å². The second kappa shape index (κ2) is 5.67. The maximum absolute atomic E-state index is 12.4. The van der Waals surface area contributed by atoms with Crippen LogP contribution in [0.25, 0.3) is 0 Å². The van der Waals surface area contributed by atoms with Gasteiger partial charge < -0.3 is 16.0 Å². The van der Waals surface area contributed by atoms with Crippen molar-refractivity contribution in [3.05, 3.63) is 15.8 Å². The van der Waals surface area contributed by atoms with E-state index in [2.05, 4.69) is 5.32 Å². The SMILES string of the molecule is Cc1sc(C(=O)N2CCC(NC(=O)C3CC3)CC2)cc1N. The maximum Gasteiger partial charge on any atom is 0.264 e. The van der Waals surface area contributed by atoms with Crippen molar-refractivity contribution >= 4 is 28.8 Å². The van der Waals surface area contributed by atoms with Gasteiger partial charge in [0.05, 0.1) is 4.88 Å². The molecule has 1 aliphatic carbocycles. The van der Waals surface area contributed by atoms with Crippen LogP contribution in [-0.4, -0.2) is 35.8 Å². The summed E-state index contributed by atoms with van der Waals surface area (Å²) in [6.45, 7) is 3.33. The molecule has 2 aliphatic rings. The number of likely N-dealkylation sites (tertiary alicyclic amines) is 1. The Balaban J connectivity index is 1.52. The van der Waals surface area contributed by atoms with Crippen molar-refractivity contribution in [1.29, 1.82) is 0 Å². The molecule has 0 radical (unpaired) electrons. The van der Waals surface area contributed by atoms with E-state index < -0.39 is 0 Å². The largest absolute Gasteiger partial charge is 0.398 e. The summed E-state index contributed by atoms with van der Waals surface area (Å²) in [5, 5.41) is 3.10. The Hall–Kier alpha value is -1.56. The molecule has 2 heterocycles. The van der Waals surface area contributed by atoms with E-state index in [1.54, 1.807) is 6.07 Å². The number of amides is 2. The van der Waals surface area contributed by atoms with Gasteiger partial charge in [-0.15, -0.1) is 11.3 Å². The summed E-state index contributed by atoms with van der Waals surface area (Å²) in [6, 6.07) is 1.99. The van der Waals surface area contributed by atoms with Gasteiger partial charge in [-0.3, -0.25) is 9.59 Å². The van der Waals surface area contributed by atoms with Crippen molar-refractivity contribution < 1.29 is 9.59 Å². The molecule has 0 atom stereocenters. The molecule has 2 amide bonds. The van der Waals surface area contributed by atoms with Crippen molar-refractivity contribution in [3.63, 3.8) is 0 Å². The van der Waals surface area contributed by atoms with Gasteiger partial charge in [-0.1, -0.05) is 0 Å². The lowest BCUT2D eigenvalue weighted by Gasteiger charge is -2.32. The summed E-state index contributed by atoms with van der Waals surface area (Å²) in [4.78, 5) is 27.7. The highest BCUT2D eigenvalue weighted by atomic mass is 32.1. The van der Waals surface area contributed by atoms with Gasteiger partial charge in [0.25, 0.3) is 5.91 Å². The number of nitrogens with two attached hydrogens (primary N) is 1. The van der Waals surface area contributed by atoms with Crippen LogP contribution in [-0.2, 0) is 4.79 Å². The van der Waals surface area contributed by atoms with Crippen LogP contribution in [0.1, 0.15) is 40.2 Å². The van der Waals surface area contributed by atoms with Gasteiger partial charge in [0.1, 0.15) is 0 Å². The van der Waals surface area contributed by atoms with E-state index in [-0.39, 0.29) is 23.8 Å². The minimum atomic E-state index is 0.0618. The Kier molecular flexibility index (Phi) is 3.89. The van der Waals surface area contributed by atoms with Gasteiger partial charge in [0.15, 0.2) is 0 Å². The average Bonchev–Trinajstić information content (AvgIpc) is 3.26. The van der Waals surface area contributed by atoms with E-state index in [9.17, 15) is 9.59 Å². The lowest BCUT2D eigenvalue weighted by atomic mass is 10.0. The molecule has 6 heteroatoms. The first-order valence-corrected chi connectivity index (χ1v) is 8.32. The Bertz CT molecular complexity index is 538. The minimum absolute atomic E-state index is 0.0618. The van der Waals surface area contributed by atoms with Crippen LogP contribution in [0, 0.1) is 12.8 Å². The quantitative estimate of drug-likeness (QED) is 0.893. The fourth-order valence-electron chi connectivity index (χ4n) is 2.65. The van der Waals surface area contributed by atoms with E-state index in [1.165, 1.54) is 11.3 Å². The number of nitrogens with zero attached hydrogens (tertiary/aromatic N) is 1. The van der Waals surface area contributed by atoms with Crippen molar-refractivity contribution in [2.24, 2.45) is 5.92 Å². The second-order valence-electron chi connectivity index (χ2n) is 5.97. The first-order valence-electron chi connectivity index (χ1n) is 7.50. The number of anilines is 1. The molecule has 1 aromatic rings. The molecular formula is C15H21N3O2S. The smallest absolute Gasteiger partial charge is 0.264 e. The molecule has 1 saturated heterocycles. The molecule has 3 rings (SSSR count). The molecule has 0 aromatic carbocycles. The van der Waals surface area contributed by atoms with Crippen molar-refractivity contribution in [3.8, 4) is 0 Å². The number of nitrogen functional groups attached to an aromatic ring is 1. The number of rotatable bonds is 3. The Morgan fingerprint density at radius 1 is 1.29 bits per heavy atom. The van der Waals surface area contributed by atoms with E-state index >= 15 is 0 Å². The monoisotopic (exact) mass is 307 g/mol. The molecule has 21 heavy (non-hydrogen) atoms. The Morgan fingerprint density at radius 2 is 1.95 bits per heavy atom. The van der Waals surface area contributed by atoms with E-state index in [0.717, 1.165) is 30.6 Å². The Labute approximate surface area is 128 Å². The van der Waals surface area contributed by atoms with Gasteiger partial charge in [-0.05, 0) is 38.7 Å². The summed E-state index contributed by atoms with van der Waals surface area (Å²) in [5.41, 5.74) is 6.50. The first kappa shape index (κ1) is 14.4. The van der Waals surface area contributed by atoms with E-state index in [0.29, 0.717) is 23.7 Å². The minimum Gasteiger partial charge on any atom is -0.398 e. The molecule has 1 aliphatic heterocycles. The second-order valence-corrected chi connectivity index (χ2v) is 7.23. The highest BCUT2D eigenvalue weighted by molar-refractivity contribution is 7.14. The maximum atomic E-state index is 12.4. The number of carbonyl (C=O) groups is 2. The zero-order valence-corrected chi connectivity index (χ0v) is 13.0. The molecule has 2 fully saturated rings. The van der Waals surface area contributed by atoms with Crippen molar-refractivity contribution in [1.82, 2.24) is 10.2 Å². The summed E-state index contributed by atoms with van der Waals surface area (Å²) >= 11 is 1.45.